The third kappa shape index (κ3) is 11.1. The number of aromatic nitrogens is 1. The average molecular weight is 615 g/mol. The molecule has 240 valence electrons. The van der Waals surface area contributed by atoms with Gasteiger partial charge in [0.25, 0.3) is 5.91 Å². The van der Waals surface area contributed by atoms with E-state index in [2.05, 4.69) is 24.3 Å². The fourth-order valence-corrected chi connectivity index (χ4v) is 5.32. The number of carbonyl (C=O) groups is 3. The van der Waals surface area contributed by atoms with Crippen LogP contribution in [-0.2, 0) is 43.3 Å². The maximum Gasteiger partial charge on any atom is 0.268 e. The van der Waals surface area contributed by atoms with Crippen LogP contribution in [0, 0.1) is 5.92 Å². The molecule has 3 aromatic rings. The minimum Gasteiger partial charge on any atom is -0.350 e. The summed E-state index contributed by atoms with van der Waals surface area (Å²) in [6, 6.07) is 22.2. The molecule has 9 nitrogen and oxygen atoms in total. The molecule has 45 heavy (non-hydrogen) atoms. The monoisotopic (exact) mass is 614 g/mol. The van der Waals surface area contributed by atoms with Crippen molar-refractivity contribution in [1.82, 2.24) is 20.5 Å². The predicted molar refractivity (Wildman–Crippen MR) is 172 cm³/mol. The van der Waals surface area contributed by atoms with Gasteiger partial charge < -0.3 is 4.74 Å². The number of hydrogen-bond acceptors (Lipinski definition) is 6. The highest BCUT2D eigenvalue weighted by molar-refractivity contribution is 5.89. The van der Waals surface area contributed by atoms with Crippen LogP contribution in [0.5, 0.6) is 0 Å². The minimum absolute atomic E-state index is 0.0272. The van der Waals surface area contributed by atoms with Gasteiger partial charge in [-0.2, -0.15) is 0 Å². The lowest BCUT2D eigenvalue weighted by molar-refractivity contribution is -0.206. The van der Waals surface area contributed by atoms with Crippen LogP contribution in [0.25, 0.3) is 0 Å². The summed E-state index contributed by atoms with van der Waals surface area (Å²) in [7, 11) is 0. The van der Waals surface area contributed by atoms with Gasteiger partial charge >= 0.3 is 0 Å². The second kappa shape index (κ2) is 18.0. The van der Waals surface area contributed by atoms with Crippen LogP contribution in [0.4, 0.5) is 0 Å². The van der Waals surface area contributed by atoms with E-state index in [0.717, 1.165) is 29.5 Å². The van der Waals surface area contributed by atoms with Gasteiger partial charge in [0.05, 0.1) is 13.0 Å². The highest BCUT2D eigenvalue weighted by Gasteiger charge is 2.37. The Kier molecular flexibility index (Phi) is 13.5. The number of pyridine rings is 1. The van der Waals surface area contributed by atoms with E-state index < -0.39 is 18.2 Å². The molecule has 0 aliphatic carbocycles. The number of benzene rings is 2. The van der Waals surface area contributed by atoms with Crippen molar-refractivity contribution in [3.05, 3.63) is 102 Å². The predicted octanol–water partition coefficient (Wildman–Crippen LogP) is 5.80. The normalized spacial score (nSPS) is 15.3. The molecule has 0 unspecified atom stereocenters. The number of ether oxygens (including phenoxy) is 1. The van der Waals surface area contributed by atoms with Crippen molar-refractivity contribution in [3.8, 4) is 0 Å². The number of aryl methyl sites for hydroxylation is 1. The maximum absolute atomic E-state index is 14.2. The summed E-state index contributed by atoms with van der Waals surface area (Å²) in [5.74, 6) is -0.806. The molecule has 1 saturated heterocycles. The first-order chi connectivity index (χ1) is 21.9. The van der Waals surface area contributed by atoms with E-state index >= 15 is 0 Å². The molecule has 0 spiro atoms. The van der Waals surface area contributed by atoms with Crippen LogP contribution in [-0.4, -0.2) is 51.7 Å². The lowest BCUT2D eigenvalue weighted by atomic mass is 10.0. The summed E-state index contributed by atoms with van der Waals surface area (Å²) < 4.78 is 5.66. The number of hydrazine groups is 1. The molecule has 2 aromatic carbocycles. The van der Waals surface area contributed by atoms with Crippen molar-refractivity contribution >= 4 is 17.7 Å². The zero-order valence-corrected chi connectivity index (χ0v) is 26.5. The lowest BCUT2D eigenvalue weighted by Crippen LogP contribution is -2.59. The van der Waals surface area contributed by atoms with E-state index in [1.807, 2.05) is 66.7 Å². The zero-order valence-electron chi connectivity index (χ0n) is 26.5. The van der Waals surface area contributed by atoms with E-state index in [1.54, 1.807) is 18.5 Å². The molecule has 1 aromatic heterocycles. The Morgan fingerprint density at radius 1 is 0.911 bits per heavy atom. The quantitative estimate of drug-likeness (QED) is 0.217. The number of rotatable bonds is 15. The molecule has 0 radical (unpaired) electrons. The molecule has 9 heteroatoms. The second-order valence-corrected chi connectivity index (χ2v) is 11.9. The van der Waals surface area contributed by atoms with Crippen molar-refractivity contribution in [2.45, 2.75) is 90.5 Å². The number of nitrogens with zero attached hydrogens (tertiary/aromatic N) is 3. The standard InChI is InChI=1S/C36H46N4O5/c1-28(2)21-22-33(41)40(39(27-30-15-7-4-8-16-30)34(42)25-31-18-12-23-37-26-31)32(19-11-17-29-13-5-3-6-14-29)36(43)38-45-35-20-9-10-24-44-35/h3-8,12-16,18,23,26,28,32,35H,9-11,17,19-22,24-25,27H2,1-2H3,(H,38,43)/t32-,35+/m0/s1. The number of hydroxylamine groups is 1. The molecular weight excluding hydrogens is 568 g/mol. The lowest BCUT2D eigenvalue weighted by Gasteiger charge is -2.40. The average Bonchev–Trinajstić information content (AvgIpc) is 3.07. The first kappa shape index (κ1) is 33.8. The Balaban J connectivity index is 1.68. The van der Waals surface area contributed by atoms with Crippen molar-refractivity contribution in [3.63, 3.8) is 0 Å². The van der Waals surface area contributed by atoms with Crippen LogP contribution in [0.15, 0.2) is 85.2 Å². The second-order valence-electron chi connectivity index (χ2n) is 11.9. The minimum atomic E-state index is -0.987. The third-order valence-corrected chi connectivity index (χ3v) is 7.80. The highest BCUT2D eigenvalue weighted by Crippen LogP contribution is 2.22. The van der Waals surface area contributed by atoms with Gasteiger partial charge in [-0.15, -0.1) is 0 Å². The Morgan fingerprint density at radius 2 is 1.62 bits per heavy atom. The molecule has 1 N–H and O–H groups in total. The van der Waals surface area contributed by atoms with Gasteiger partial charge in [-0.05, 0) is 67.2 Å². The van der Waals surface area contributed by atoms with Gasteiger partial charge in [-0.25, -0.2) is 20.3 Å². The van der Waals surface area contributed by atoms with Crippen molar-refractivity contribution in [1.29, 1.82) is 0 Å². The van der Waals surface area contributed by atoms with Crippen LogP contribution in [0.3, 0.4) is 0 Å². The van der Waals surface area contributed by atoms with Gasteiger partial charge in [-0.3, -0.25) is 19.4 Å². The molecule has 1 aliphatic heterocycles. The Bertz CT molecular complexity index is 1320. The number of amides is 3. The van der Waals surface area contributed by atoms with E-state index in [4.69, 9.17) is 9.57 Å². The fourth-order valence-electron chi connectivity index (χ4n) is 5.32. The van der Waals surface area contributed by atoms with Gasteiger partial charge in [-0.1, -0.05) is 80.6 Å². The third-order valence-electron chi connectivity index (χ3n) is 7.80. The highest BCUT2D eigenvalue weighted by atomic mass is 16.8. The summed E-state index contributed by atoms with van der Waals surface area (Å²) in [6.45, 7) is 4.79. The fraction of sp³-hybridized carbons (Fsp3) is 0.444. The molecule has 1 aliphatic rings. The van der Waals surface area contributed by atoms with E-state index in [-0.39, 0.29) is 37.1 Å². The van der Waals surface area contributed by atoms with Gasteiger partial charge in [0.2, 0.25) is 11.8 Å². The molecule has 0 saturated carbocycles. The summed E-state index contributed by atoms with van der Waals surface area (Å²) in [4.78, 5) is 52.2. The van der Waals surface area contributed by atoms with Gasteiger partial charge in [0, 0.05) is 31.8 Å². The first-order valence-corrected chi connectivity index (χ1v) is 16.1. The van der Waals surface area contributed by atoms with Crippen LogP contribution < -0.4 is 5.48 Å². The largest absolute Gasteiger partial charge is 0.350 e. The van der Waals surface area contributed by atoms with Crippen LogP contribution >= 0.6 is 0 Å². The Morgan fingerprint density at radius 3 is 2.27 bits per heavy atom. The SMILES string of the molecule is CC(C)CCC(=O)N([C@@H](CCCc1ccccc1)C(=O)NO[C@@H]1CCCCO1)N(Cc1ccccc1)C(=O)Cc1cccnc1. The van der Waals surface area contributed by atoms with E-state index in [0.29, 0.717) is 38.7 Å². The van der Waals surface area contributed by atoms with E-state index in [9.17, 15) is 14.4 Å². The number of nitrogens with one attached hydrogen (secondary N) is 1. The molecule has 1 fully saturated rings. The Labute approximate surface area is 266 Å². The first-order valence-electron chi connectivity index (χ1n) is 16.1. The van der Waals surface area contributed by atoms with E-state index in [1.165, 1.54) is 10.0 Å². The number of hydrogen-bond donors (Lipinski definition) is 1. The Hall–Kier alpha value is -4.08. The van der Waals surface area contributed by atoms with Crippen molar-refractivity contribution in [2.24, 2.45) is 5.92 Å². The number of carbonyl (C=O) groups excluding carboxylic acids is 3. The van der Waals surface area contributed by atoms with Gasteiger partial charge in [0.15, 0.2) is 6.29 Å². The summed E-state index contributed by atoms with van der Waals surface area (Å²) in [6.07, 6.45) is 7.80. The van der Waals surface area contributed by atoms with Gasteiger partial charge in [0.1, 0.15) is 6.04 Å². The van der Waals surface area contributed by atoms with Crippen LogP contribution in [0.2, 0.25) is 0 Å². The topological polar surface area (TPSA) is 101 Å². The smallest absolute Gasteiger partial charge is 0.268 e. The molecule has 3 amide bonds. The zero-order chi connectivity index (χ0) is 31.9. The van der Waals surface area contributed by atoms with Crippen molar-refractivity contribution < 1.29 is 24.0 Å². The van der Waals surface area contributed by atoms with Crippen LogP contribution in [0.1, 0.15) is 75.5 Å². The molecule has 2 heterocycles. The summed E-state index contributed by atoms with van der Waals surface area (Å²) >= 11 is 0. The molecule has 2 atom stereocenters. The summed E-state index contributed by atoms with van der Waals surface area (Å²) in [5, 5.41) is 2.86. The molecular formula is C36H46N4O5. The maximum atomic E-state index is 14.2. The molecule has 0 bridgehead atoms. The molecule has 4 rings (SSSR count). The van der Waals surface area contributed by atoms with Crippen molar-refractivity contribution in [2.75, 3.05) is 6.61 Å². The summed E-state index contributed by atoms with van der Waals surface area (Å²) in [5.41, 5.74) is 5.30.